The van der Waals surface area contributed by atoms with E-state index in [1.165, 1.54) is 12.2 Å². The average Bonchev–Trinajstić information content (AvgIpc) is 2.37. The summed E-state index contributed by atoms with van der Waals surface area (Å²) in [7, 11) is 0. The second-order valence-electron chi connectivity index (χ2n) is 3.93. The molecule has 0 aliphatic carbocycles. The minimum Gasteiger partial charge on any atom is -0.479 e. The van der Waals surface area contributed by atoms with Crippen LogP contribution >= 0.6 is 23.2 Å². The van der Waals surface area contributed by atoms with Crippen LogP contribution in [0.1, 0.15) is 12.0 Å². The molecule has 0 aliphatic heterocycles. The predicted molar refractivity (Wildman–Crippen MR) is 76.8 cm³/mol. The number of halogens is 2. The SMILES string of the molecule is O=C(/C=C/c1ccc(Cl)cc1Cl)NCC[C@H](O)C(=O)O. The van der Waals surface area contributed by atoms with Gasteiger partial charge in [0, 0.05) is 29.1 Å². The maximum absolute atomic E-state index is 11.4. The Morgan fingerprint density at radius 3 is 2.65 bits per heavy atom. The van der Waals surface area contributed by atoms with Crippen LogP contribution in [0.3, 0.4) is 0 Å². The lowest BCUT2D eigenvalue weighted by atomic mass is 10.2. The molecule has 1 aromatic rings. The fraction of sp³-hybridized carbons (Fsp3) is 0.231. The lowest BCUT2D eigenvalue weighted by Crippen LogP contribution is -2.28. The summed E-state index contributed by atoms with van der Waals surface area (Å²) >= 11 is 11.7. The summed E-state index contributed by atoms with van der Waals surface area (Å²) < 4.78 is 0. The van der Waals surface area contributed by atoms with Crippen LogP contribution in [-0.4, -0.2) is 34.7 Å². The van der Waals surface area contributed by atoms with Gasteiger partial charge in [0.1, 0.15) is 0 Å². The Bertz CT molecular complexity index is 531. The van der Waals surface area contributed by atoms with Gasteiger partial charge in [-0.3, -0.25) is 4.79 Å². The van der Waals surface area contributed by atoms with E-state index in [1.54, 1.807) is 18.2 Å². The lowest BCUT2D eigenvalue weighted by Gasteiger charge is -2.05. The third-order valence-corrected chi connectivity index (χ3v) is 2.94. The molecular formula is C13H13Cl2NO4. The molecule has 1 aromatic carbocycles. The van der Waals surface area contributed by atoms with Crippen LogP contribution in [0.2, 0.25) is 10.0 Å². The minimum atomic E-state index is -1.48. The summed E-state index contributed by atoms with van der Waals surface area (Å²) in [5.74, 6) is -1.73. The molecular weight excluding hydrogens is 305 g/mol. The zero-order valence-electron chi connectivity index (χ0n) is 10.3. The van der Waals surface area contributed by atoms with Crippen LogP contribution in [0.25, 0.3) is 6.08 Å². The normalized spacial score (nSPS) is 12.3. The maximum atomic E-state index is 11.4. The number of rotatable bonds is 6. The zero-order chi connectivity index (χ0) is 15.1. The van der Waals surface area contributed by atoms with Gasteiger partial charge in [0.05, 0.1) is 0 Å². The topological polar surface area (TPSA) is 86.6 Å². The molecule has 0 bridgehead atoms. The van der Waals surface area contributed by atoms with Gasteiger partial charge in [-0.25, -0.2) is 4.79 Å². The van der Waals surface area contributed by atoms with Crippen LogP contribution in [0, 0.1) is 0 Å². The number of hydrogen-bond donors (Lipinski definition) is 3. The predicted octanol–water partition coefficient (Wildman–Crippen LogP) is 1.96. The number of aliphatic hydroxyl groups excluding tert-OH is 1. The van der Waals surface area contributed by atoms with Crippen LogP contribution in [-0.2, 0) is 9.59 Å². The van der Waals surface area contributed by atoms with Gasteiger partial charge < -0.3 is 15.5 Å². The van der Waals surface area contributed by atoms with Crippen LogP contribution in [0.4, 0.5) is 0 Å². The maximum Gasteiger partial charge on any atom is 0.332 e. The molecule has 5 nitrogen and oxygen atoms in total. The number of carbonyl (C=O) groups is 2. The van der Waals surface area contributed by atoms with Crippen molar-refractivity contribution in [3.63, 3.8) is 0 Å². The molecule has 1 rings (SSSR count). The summed E-state index contributed by atoms with van der Waals surface area (Å²) in [6.45, 7) is 0.0605. The van der Waals surface area contributed by atoms with Crippen molar-refractivity contribution >= 4 is 41.2 Å². The molecule has 0 fully saturated rings. The molecule has 0 heterocycles. The average molecular weight is 318 g/mol. The number of aliphatic hydroxyl groups is 1. The van der Waals surface area contributed by atoms with Crippen molar-refractivity contribution in [3.05, 3.63) is 39.9 Å². The third kappa shape index (κ3) is 5.61. The lowest BCUT2D eigenvalue weighted by molar-refractivity contribution is -0.147. The number of carboxylic acids is 1. The van der Waals surface area contributed by atoms with E-state index in [9.17, 15) is 9.59 Å². The molecule has 0 radical (unpaired) electrons. The summed E-state index contributed by atoms with van der Waals surface area (Å²) in [5.41, 5.74) is 0.636. The first-order valence-electron chi connectivity index (χ1n) is 5.72. The molecule has 0 aliphatic rings. The molecule has 0 saturated heterocycles. The van der Waals surface area contributed by atoms with Crippen LogP contribution < -0.4 is 5.32 Å². The van der Waals surface area contributed by atoms with Gasteiger partial charge in [0.25, 0.3) is 0 Å². The number of aliphatic carboxylic acids is 1. The van der Waals surface area contributed by atoms with Crippen molar-refractivity contribution in [1.82, 2.24) is 5.32 Å². The van der Waals surface area contributed by atoms with Gasteiger partial charge in [-0.15, -0.1) is 0 Å². The summed E-state index contributed by atoms with van der Waals surface area (Å²) in [6, 6.07) is 4.88. The molecule has 20 heavy (non-hydrogen) atoms. The van der Waals surface area contributed by atoms with E-state index in [2.05, 4.69) is 5.32 Å². The molecule has 0 spiro atoms. The molecule has 0 saturated carbocycles. The van der Waals surface area contributed by atoms with E-state index in [4.69, 9.17) is 33.4 Å². The van der Waals surface area contributed by atoms with E-state index in [-0.39, 0.29) is 13.0 Å². The van der Waals surface area contributed by atoms with Gasteiger partial charge in [0.15, 0.2) is 6.10 Å². The molecule has 1 atom stereocenters. The van der Waals surface area contributed by atoms with Gasteiger partial charge >= 0.3 is 5.97 Å². The Hall–Kier alpha value is -1.56. The number of carbonyl (C=O) groups excluding carboxylic acids is 1. The van der Waals surface area contributed by atoms with E-state index in [0.29, 0.717) is 15.6 Å². The highest BCUT2D eigenvalue weighted by molar-refractivity contribution is 6.35. The third-order valence-electron chi connectivity index (χ3n) is 2.38. The number of carboxylic acid groups (broad SMARTS) is 1. The molecule has 3 N–H and O–H groups in total. The minimum absolute atomic E-state index is 0.0589. The monoisotopic (exact) mass is 317 g/mol. The van der Waals surface area contributed by atoms with E-state index in [0.717, 1.165) is 0 Å². The quantitative estimate of drug-likeness (QED) is 0.700. The highest BCUT2D eigenvalue weighted by atomic mass is 35.5. The second kappa shape index (κ2) is 7.89. The van der Waals surface area contributed by atoms with E-state index >= 15 is 0 Å². The number of amides is 1. The first-order valence-corrected chi connectivity index (χ1v) is 6.47. The second-order valence-corrected chi connectivity index (χ2v) is 4.78. The molecule has 0 aromatic heterocycles. The summed E-state index contributed by atoms with van der Waals surface area (Å²) in [5, 5.41) is 20.8. The van der Waals surface area contributed by atoms with Gasteiger partial charge in [-0.2, -0.15) is 0 Å². The van der Waals surface area contributed by atoms with Crippen molar-refractivity contribution < 1.29 is 19.8 Å². The highest BCUT2D eigenvalue weighted by Crippen LogP contribution is 2.21. The Morgan fingerprint density at radius 1 is 1.35 bits per heavy atom. The van der Waals surface area contributed by atoms with Gasteiger partial charge in [0.2, 0.25) is 5.91 Å². The van der Waals surface area contributed by atoms with E-state index < -0.39 is 18.0 Å². The first kappa shape index (κ1) is 16.5. The number of nitrogens with one attached hydrogen (secondary N) is 1. The molecule has 108 valence electrons. The largest absolute Gasteiger partial charge is 0.479 e. The number of hydrogen-bond acceptors (Lipinski definition) is 3. The standard InChI is InChI=1S/C13H13Cl2NO4/c14-9-3-1-8(10(15)7-9)2-4-12(18)16-6-5-11(17)13(19)20/h1-4,7,11,17H,5-6H2,(H,16,18)(H,19,20)/b4-2+/t11-/m0/s1. The van der Waals surface area contributed by atoms with Gasteiger partial charge in [-0.1, -0.05) is 29.3 Å². The van der Waals surface area contributed by atoms with Crippen LogP contribution in [0.15, 0.2) is 24.3 Å². The number of benzene rings is 1. The fourth-order valence-electron chi connectivity index (χ4n) is 1.32. The summed E-state index contributed by atoms with van der Waals surface area (Å²) in [6.07, 6.45) is 1.24. The summed E-state index contributed by atoms with van der Waals surface area (Å²) in [4.78, 5) is 21.8. The zero-order valence-corrected chi connectivity index (χ0v) is 11.9. The highest BCUT2D eigenvalue weighted by Gasteiger charge is 2.12. The van der Waals surface area contributed by atoms with Gasteiger partial charge in [-0.05, 0) is 23.8 Å². The van der Waals surface area contributed by atoms with Crippen molar-refractivity contribution in [3.8, 4) is 0 Å². The smallest absolute Gasteiger partial charge is 0.332 e. The van der Waals surface area contributed by atoms with Crippen molar-refractivity contribution in [2.45, 2.75) is 12.5 Å². The Morgan fingerprint density at radius 2 is 2.05 bits per heavy atom. The van der Waals surface area contributed by atoms with Crippen molar-refractivity contribution in [2.24, 2.45) is 0 Å². The van der Waals surface area contributed by atoms with Crippen LogP contribution in [0.5, 0.6) is 0 Å². The van der Waals surface area contributed by atoms with Crippen molar-refractivity contribution in [1.29, 1.82) is 0 Å². The fourth-order valence-corrected chi connectivity index (χ4v) is 1.79. The molecule has 0 unspecified atom stereocenters. The Balaban J connectivity index is 2.46. The molecule has 7 heteroatoms. The van der Waals surface area contributed by atoms with Crippen molar-refractivity contribution in [2.75, 3.05) is 6.54 Å². The first-order chi connectivity index (χ1) is 9.40. The Kier molecular flexibility index (Phi) is 6.51. The Labute approximate surface area is 125 Å². The molecule has 1 amide bonds. The van der Waals surface area contributed by atoms with E-state index in [1.807, 2.05) is 0 Å².